The van der Waals surface area contributed by atoms with Crippen molar-refractivity contribution >= 4 is 11.8 Å². The van der Waals surface area contributed by atoms with Crippen molar-refractivity contribution in [2.45, 2.75) is 24.4 Å². The van der Waals surface area contributed by atoms with Crippen LogP contribution in [0.2, 0.25) is 0 Å². The first kappa shape index (κ1) is 17.0. The molecular weight excluding hydrogens is 344 g/mol. The molecule has 1 aliphatic rings. The van der Waals surface area contributed by atoms with Crippen molar-refractivity contribution in [1.29, 1.82) is 0 Å². The summed E-state index contributed by atoms with van der Waals surface area (Å²) in [7, 11) is 0. The van der Waals surface area contributed by atoms with Crippen LogP contribution in [0, 0.1) is 0 Å². The van der Waals surface area contributed by atoms with Gasteiger partial charge in [0.05, 0.1) is 11.3 Å². The maximum absolute atomic E-state index is 12.6. The largest absolute Gasteiger partial charge is 0.306 e. The lowest BCUT2D eigenvalue weighted by atomic mass is 10.1. The van der Waals surface area contributed by atoms with E-state index in [-0.39, 0.29) is 5.56 Å². The molecule has 0 aliphatic carbocycles. The third-order valence-corrected chi connectivity index (χ3v) is 5.41. The van der Waals surface area contributed by atoms with Crippen LogP contribution in [0.4, 0.5) is 0 Å². The fourth-order valence-corrected chi connectivity index (χ4v) is 3.66. The summed E-state index contributed by atoms with van der Waals surface area (Å²) >= 11 is 1.74. The number of nitrogens with one attached hydrogen (secondary N) is 1. The number of hydrogen-bond acceptors (Lipinski definition) is 5. The lowest BCUT2D eigenvalue weighted by molar-refractivity contribution is 0.242. The highest BCUT2D eigenvalue weighted by molar-refractivity contribution is 7.98. The maximum Gasteiger partial charge on any atom is 0.255 e. The molecular formula is C20H20N4OS. The van der Waals surface area contributed by atoms with Gasteiger partial charge in [0.25, 0.3) is 5.56 Å². The number of pyridine rings is 1. The van der Waals surface area contributed by atoms with Crippen LogP contribution in [-0.2, 0) is 19.5 Å². The van der Waals surface area contributed by atoms with E-state index in [1.807, 2.05) is 12.1 Å². The van der Waals surface area contributed by atoms with Gasteiger partial charge >= 0.3 is 0 Å². The van der Waals surface area contributed by atoms with E-state index in [1.54, 1.807) is 24.2 Å². The zero-order chi connectivity index (χ0) is 17.9. The third kappa shape index (κ3) is 3.57. The molecule has 0 spiro atoms. The van der Waals surface area contributed by atoms with E-state index in [0.29, 0.717) is 12.4 Å². The first-order chi connectivity index (χ1) is 12.7. The van der Waals surface area contributed by atoms with Gasteiger partial charge in [-0.15, -0.1) is 11.8 Å². The highest BCUT2D eigenvalue weighted by Crippen LogP contribution is 2.21. The zero-order valence-corrected chi connectivity index (χ0v) is 15.4. The molecule has 0 saturated carbocycles. The monoisotopic (exact) mass is 364 g/mol. The van der Waals surface area contributed by atoms with Crippen LogP contribution in [0.3, 0.4) is 0 Å². The minimum atomic E-state index is -0.0377. The normalized spacial score (nSPS) is 14.2. The van der Waals surface area contributed by atoms with Crippen LogP contribution in [0.1, 0.15) is 16.8 Å². The Balaban J connectivity index is 1.54. The average molecular weight is 364 g/mol. The summed E-state index contributed by atoms with van der Waals surface area (Å²) in [5.41, 5.74) is 3.81. The second-order valence-electron chi connectivity index (χ2n) is 6.38. The van der Waals surface area contributed by atoms with E-state index in [4.69, 9.17) is 4.98 Å². The molecule has 0 bridgehead atoms. The Labute approximate surface area is 156 Å². The zero-order valence-electron chi connectivity index (χ0n) is 14.6. The predicted octanol–water partition coefficient (Wildman–Crippen LogP) is 3.11. The molecule has 0 fully saturated rings. The minimum absolute atomic E-state index is 0.0377. The lowest BCUT2D eigenvalue weighted by Crippen LogP contribution is -2.35. The van der Waals surface area contributed by atoms with E-state index in [1.165, 1.54) is 10.5 Å². The Bertz CT molecular complexity index is 954. The Morgan fingerprint density at radius 2 is 1.92 bits per heavy atom. The summed E-state index contributed by atoms with van der Waals surface area (Å²) < 4.78 is 0. The first-order valence-corrected chi connectivity index (χ1v) is 9.83. The van der Waals surface area contributed by atoms with Crippen LogP contribution >= 0.6 is 11.8 Å². The summed E-state index contributed by atoms with van der Waals surface area (Å²) in [6.45, 7) is 2.39. The molecule has 4 rings (SSSR count). The van der Waals surface area contributed by atoms with E-state index >= 15 is 0 Å². The van der Waals surface area contributed by atoms with Crippen molar-refractivity contribution < 1.29 is 0 Å². The molecule has 0 saturated heterocycles. The highest BCUT2D eigenvalue weighted by atomic mass is 32.2. The van der Waals surface area contributed by atoms with Crippen molar-refractivity contribution in [3.05, 3.63) is 76.0 Å². The molecule has 3 aromatic rings. The SMILES string of the molecule is CSc1ccc(CN2CCc3nc(-c4ccncc4)[nH]c(=O)c3C2)cc1. The molecule has 6 heteroatoms. The van der Waals surface area contributed by atoms with Gasteiger partial charge in [-0.1, -0.05) is 12.1 Å². The number of aromatic amines is 1. The summed E-state index contributed by atoms with van der Waals surface area (Å²) in [4.78, 5) is 27.8. The molecule has 2 aromatic heterocycles. The van der Waals surface area contributed by atoms with Crippen molar-refractivity contribution in [1.82, 2.24) is 19.9 Å². The number of benzene rings is 1. The second-order valence-corrected chi connectivity index (χ2v) is 7.26. The van der Waals surface area contributed by atoms with Crippen LogP contribution in [0.5, 0.6) is 0 Å². The van der Waals surface area contributed by atoms with Gasteiger partial charge < -0.3 is 4.98 Å². The van der Waals surface area contributed by atoms with Gasteiger partial charge in [-0.3, -0.25) is 14.7 Å². The Morgan fingerprint density at radius 1 is 1.15 bits per heavy atom. The van der Waals surface area contributed by atoms with Gasteiger partial charge in [0.2, 0.25) is 0 Å². The molecule has 0 atom stereocenters. The minimum Gasteiger partial charge on any atom is -0.306 e. The smallest absolute Gasteiger partial charge is 0.255 e. The van der Waals surface area contributed by atoms with Crippen molar-refractivity contribution in [3.63, 3.8) is 0 Å². The van der Waals surface area contributed by atoms with E-state index in [2.05, 4.69) is 45.4 Å². The van der Waals surface area contributed by atoms with Crippen molar-refractivity contribution in [2.75, 3.05) is 12.8 Å². The van der Waals surface area contributed by atoms with E-state index < -0.39 is 0 Å². The van der Waals surface area contributed by atoms with Gasteiger partial charge in [-0.05, 0) is 36.1 Å². The van der Waals surface area contributed by atoms with Crippen LogP contribution < -0.4 is 5.56 Å². The summed E-state index contributed by atoms with van der Waals surface area (Å²) in [5, 5.41) is 0. The van der Waals surface area contributed by atoms with Gasteiger partial charge in [0.1, 0.15) is 5.82 Å². The summed E-state index contributed by atoms with van der Waals surface area (Å²) in [6, 6.07) is 12.3. The van der Waals surface area contributed by atoms with Gasteiger partial charge in [0.15, 0.2) is 0 Å². The molecule has 0 amide bonds. The van der Waals surface area contributed by atoms with Crippen molar-refractivity contribution in [2.24, 2.45) is 0 Å². The fraction of sp³-hybridized carbons (Fsp3) is 0.250. The average Bonchev–Trinajstić information content (AvgIpc) is 2.69. The van der Waals surface area contributed by atoms with Crippen LogP contribution in [-0.4, -0.2) is 32.7 Å². The first-order valence-electron chi connectivity index (χ1n) is 8.60. The maximum atomic E-state index is 12.6. The van der Waals surface area contributed by atoms with E-state index in [9.17, 15) is 4.79 Å². The molecule has 3 heterocycles. The molecule has 5 nitrogen and oxygen atoms in total. The Kier molecular flexibility index (Phi) is 4.86. The molecule has 26 heavy (non-hydrogen) atoms. The molecule has 0 unspecified atom stereocenters. The quantitative estimate of drug-likeness (QED) is 0.721. The van der Waals surface area contributed by atoms with Crippen molar-refractivity contribution in [3.8, 4) is 11.4 Å². The predicted molar refractivity (Wildman–Crippen MR) is 104 cm³/mol. The molecule has 1 aliphatic heterocycles. The molecule has 1 N–H and O–H groups in total. The van der Waals surface area contributed by atoms with Crippen LogP contribution in [0.15, 0.2) is 58.5 Å². The summed E-state index contributed by atoms with van der Waals surface area (Å²) in [6.07, 6.45) is 6.29. The number of H-pyrrole nitrogens is 1. The summed E-state index contributed by atoms with van der Waals surface area (Å²) in [5.74, 6) is 0.622. The van der Waals surface area contributed by atoms with Gasteiger partial charge in [-0.25, -0.2) is 4.98 Å². The Morgan fingerprint density at radius 3 is 2.65 bits per heavy atom. The number of fused-ring (bicyclic) bond motifs is 1. The van der Waals surface area contributed by atoms with Crippen LogP contribution in [0.25, 0.3) is 11.4 Å². The van der Waals surface area contributed by atoms with E-state index in [0.717, 1.165) is 36.3 Å². The highest BCUT2D eigenvalue weighted by Gasteiger charge is 2.21. The second kappa shape index (κ2) is 7.43. The lowest BCUT2D eigenvalue weighted by Gasteiger charge is -2.27. The molecule has 0 radical (unpaired) electrons. The fourth-order valence-electron chi connectivity index (χ4n) is 3.25. The Hall–Kier alpha value is -2.44. The number of nitrogens with zero attached hydrogens (tertiary/aromatic N) is 3. The third-order valence-electron chi connectivity index (χ3n) is 4.67. The number of aromatic nitrogens is 3. The molecule has 1 aromatic carbocycles. The number of rotatable bonds is 4. The number of hydrogen-bond donors (Lipinski definition) is 1. The van der Waals surface area contributed by atoms with Gasteiger partial charge in [0, 0.05) is 48.9 Å². The van der Waals surface area contributed by atoms with Gasteiger partial charge in [-0.2, -0.15) is 0 Å². The number of thioether (sulfide) groups is 1. The topological polar surface area (TPSA) is 61.9 Å². The standard InChI is InChI=1S/C20H20N4OS/c1-26-16-4-2-14(3-5-16)12-24-11-8-18-17(13-24)20(25)23-19(22-18)15-6-9-21-10-7-15/h2-7,9-10H,8,11-13H2,1H3,(H,22,23,25). The molecule has 132 valence electrons.